The van der Waals surface area contributed by atoms with Crippen LogP contribution in [0.1, 0.15) is 51.4 Å². The summed E-state index contributed by atoms with van der Waals surface area (Å²) in [6.45, 7) is 2.75. The second-order valence-corrected chi connectivity index (χ2v) is 7.11. The van der Waals surface area contributed by atoms with Crippen LogP contribution in [0, 0.1) is 5.92 Å². The van der Waals surface area contributed by atoms with Gasteiger partial charge >= 0.3 is 6.03 Å². The molecule has 0 aromatic heterocycles. The predicted octanol–water partition coefficient (Wildman–Crippen LogP) is 1.65. The number of nitrogens with one attached hydrogen (secondary N) is 2. The molecule has 130 valence electrons. The Kier molecular flexibility index (Phi) is 5.75. The van der Waals surface area contributed by atoms with Crippen molar-refractivity contribution >= 4 is 11.9 Å². The van der Waals surface area contributed by atoms with Crippen LogP contribution in [-0.4, -0.2) is 55.2 Å². The molecule has 2 saturated heterocycles. The van der Waals surface area contributed by atoms with Crippen molar-refractivity contribution in [3.63, 3.8) is 0 Å². The summed E-state index contributed by atoms with van der Waals surface area (Å²) in [6, 6.07) is 0.487. The van der Waals surface area contributed by atoms with Gasteiger partial charge in [-0.25, -0.2) is 4.79 Å². The fourth-order valence-corrected chi connectivity index (χ4v) is 3.89. The van der Waals surface area contributed by atoms with Crippen LogP contribution in [0.2, 0.25) is 0 Å². The summed E-state index contributed by atoms with van der Waals surface area (Å²) in [4.78, 5) is 26.4. The number of likely N-dealkylation sites (tertiary alicyclic amines) is 1. The van der Waals surface area contributed by atoms with E-state index in [0.29, 0.717) is 19.3 Å². The van der Waals surface area contributed by atoms with E-state index in [-0.39, 0.29) is 23.9 Å². The SMILES string of the molecule is O=C(NC1CCCCC1)NC1CCN(C(=O)[C@@H]2CCOC2)CC1. The minimum absolute atomic E-state index is 0.0362. The second kappa shape index (κ2) is 7.99. The van der Waals surface area contributed by atoms with Crippen molar-refractivity contribution in [3.05, 3.63) is 0 Å². The van der Waals surface area contributed by atoms with E-state index in [1.165, 1.54) is 19.3 Å². The molecule has 0 aromatic carbocycles. The van der Waals surface area contributed by atoms with Gasteiger partial charge in [0, 0.05) is 31.8 Å². The highest BCUT2D eigenvalue weighted by Crippen LogP contribution is 2.20. The molecule has 0 unspecified atom stereocenters. The number of hydrogen-bond donors (Lipinski definition) is 2. The molecule has 3 fully saturated rings. The minimum atomic E-state index is -0.0362. The van der Waals surface area contributed by atoms with E-state index in [0.717, 1.165) is 45.2 Å². The molecule has 1 saturated carbocycles. The molecule has 0 aromatic rings. The second-order valence-electron chi connectivity index (χ2n) is 7.11. The van der Waals surface area contributed by atoms with Crippen molar-refractivity contribution in [3.8, 4) is 0 Å². The molecule has 2 aliphatic heterocycles. The largest absolute Gasteiger partial charge is 0.381 e. The van der Waals surface area contributed by atoms with Crippen LogP contribution in [0.25, 0.3) is 0 Å². The van der Waals surface area contributed by atoms with E-state index in [9.17, 15) is 9.59 Å². The van der Waals surface area contributed by atoms with E-state index in [2.05, 4.69) is 10.6 Å². The van der Waals surface area contributed by atoms with Gasteiger partial charge in [0.2, 0.25) is 5.91 Å². The normalized spacial score (nSPS) is 27.0. The first kappa shape index (κ1) is 16.6. The Morgan fingerprint density at radius 2 is 1.52 bits per heavy atom. The smallest absolute Gasteiger partial charge is 0.315 e. The Morgan fingerprint density at radius 3 is 2.13 bits per heavy atom. The number of piperidine rings is 1. The molecule has 6 nitrogen and oxygen atoms in total. The van der Waals surface area contributed by atoms with E-state index >= 15 is 0 Å². The van der Waals surface area contributed by atoms with Gasteiger partial charge in [-0.3, -0.25) is 4.79 Å². The number of urea groups is 1. The van der Waals surface area contributed by atoms with Gasteiger partial charge in [0.25, 0.3) is 0 Å². The van der Waals surface area contributed by atoms with Gasteiger partial charge in [0.15, 0.2) is 0 Å². The van der Waals surface area contributed by atoms with Crippen molar-refractivity contribution in [2.45, 2.75) is 63.5 Å². The van der Waals surface area contributed by atoms with E-state index in [1.807, 2.05) is 4.90 Å². The molecule has 3 aliphatic rings. The summed E-state index contributed by atoms with van der Waals surface area (Å²) in [7, 11) is 0. The standard InChI is InChI=1S/C17H29N3O3/c21-16(13-8-11-23-12-13)20-9-6-15(7-10-20)19-17(22)18-14-4-2-1-3-5-14/h13-15H,1-12H2,(H2,18,19,22)/t13-/m1/s1. The third kappa shape index (κ3) is 4.59. The lowest BCUT2D eigenvalue weighted by atomic mass is 9.96. The first-order chi connectivity index (χ1) is 11.2. The molecular weight excluding hydrogens is 294 g/mol. The van der Waals surface area contributed by atoms with Crippen molar-refractivity contribution in [1.29, 1.82) is 0 Å². The van der Waals surface area contributed by atoms with Crippen molar-refractivity contribution in [2.24, 2.45) is 5.92 Å². The average Bonchev–Trinajstić information content (AvgIpc) is 3.10. The number of amides is 3. The van der Waals surface area contributed by atoms with Crippen molar-refractivity contribution < 1.29 is 14.3 Å². The molecule has 3 amide bonds. The molecular formula is C17H29N3O3. The molecule has 1 aliphatic carbocycles. The maximum Gasteiger partial charge on any atom is 0.315 e. The van der Waals surface area contributed by atoms with Crippen LogP contribution in [0.15, 0.2) is 0 Å². The Morgan fingerprint density at radius 1 is 0.870 bits per heavy atom. The molecule has 6 heteroatoms. The van der Waals surface area contributed by atoms with Gasteiger partial charge in [-0.2, -0.15) is 0 Å². The maximum absolute atomic E-state index is 12.3. The Hall–Kier alpha value is -1.30. The summed E-state index contributed by atoms with van der Waals surface area (Å²) < 4.78 is 5.30. The molecule has 0 radical (unpaired) electrons. The fraction of sp³-hybridized carbons (Fsp3) is 0.882. The summed E-state index contributed by atoms with van der Waals surface area (Å²) in [6.07, 6.45) is 8.47. The first-order valence-electron chi connectivity index (χ1n) is 9.16. The molecule has 3 rings (SSSR count). The van der Waals surface area contributed by atoms with Crippen molar-refractivity contribution in [1.82, 2.24) is 15.5 Å². The predicted molar refractivity (Wildman–Crippen MR) is 87.1 cm³/mol. The Balaban J connectivity index is 1.36. The van der Waals surface area contributed by atoms with E-state index in [1.54, 1.807) is 0 Å². The van der Waals surface area contributed by atoms with Crippen LogP contribution in [0.4, 0.5) is 4.79 Å². The highest BCUT2D eigenvalue weighted by atomic mass is 16.5. The van der Waals surface area contributed by atoms with Crippen molar-refractivity contribution in [2.75, 3.05) is 26.3 Å². The van der Waals surface area contributed by atoms with E-state index in [4.69, 9.17) is 4.74 Å². The van der Waals surface area contributed by atoms with Crippen LogP contribution < -0.4 is 10.6 Å². The zero-order valence-electron chi connectivity index (χ0n) is 13.9. The van der Waals surface area contributed by atoms with Gasteiger partial charge in [-0.1, -0.05) is 19.3 Å². The molecule has 2 N–H and O–H groups in total. The van der Waals surface area contributed by atoms with E-state index < -0.39 is 0 Å². The zero-order valence-corrected chi connectivity index (χ0v) is 13.9. The number of ether oxygens (including phenoxy) is 1. The van der Waals surface area contributed by atoms with Crippen LogP contribution in [-0.2, 0) is 9.53 Å². The van der Waals surface area contributed by atoms with Gasteiger partial charge in [0.1, 0.15) is 0 Å². The number of carbonyl (C=O) groups is 2. The third-order valence-corrected chi connectivity index (χ3v) is 5.36. The van der Waals surface area contributed by atoms with Crippen LogP contribution in [0.3, 0.4) is 0 Å². The minimum Gasteiger partial charge on any atom is -0.381 e. The van der Waals surface area contributed by atoms with Gasteiger partial charge in [0.05, 0.1) is 12.5 Å². The Bertz CT molecular complexity index is 409. The van der Waals surface area contributed by atoms with Gasteiger partial charge < -0.3 is 20.3 Å². The molecule has 1 atom stereocenters. The average molecular weight is 323 g/mol. The zero-order chi connectivity index (χ0) is 16.1. The molecule has 2 heterocycles. The van der Waals surface area contributed by atoms with Crippen LogP contribution in [0.5, 0.6) is 0 Å². The molecule has 23 heavy (non-hydrogen) atoms. The van der Waals surface area contributed by atoms with Gasteiger partial charge in [-0.15, -0.1) is 0 Å². The van der Waals surface area contributed by atoms with Gasteiger partial charge in [-0.05, 0) is 32.1 Å². The number of nitrogens with zero attached hydrogens (tertiary/aromatic N) is 1. The highest BCUT2D eigenvalue weighted by Gasteiger charge is 2.31. The number of carbonyl (C=O) groups excluding carboxylic acids is 2. The fourth-order valence-electron chi connectivity index (χ4n) is 3.89. The lowest BCUT2D eigenvalue weighted by Crippen LogP contribution is -2.51. The summed E-state index contributed by atoms with van der Waals surface area (Å²) in [5.74, 6) is 0.279. The van der Waals surface area contributed by atoms with Crippen LogP contribution >= 0.6 is 0 Å². The lowest BCUT2D eigenvalue weighted by Gasteiger charge is -2.34. The topological polar surface area (TPSA) is 70.7 Å². The number of rotatable bonds is 3. The summed E-state index contributed by atoms with van der Waals surface area (Å²) in [5.41, 5.74) is 0. The maximum atomic E-state index is 12.3. The molecule has 0 spiro atoms. The summed E-state index contributed by atoms with van der Waals surface area (Å²) >= 11 is 0. The monoisotopic (exact) mass is 323 g/mol. The highest BCUT2D eigenvalue weighted by molar-refractivity contribution is 5.79. The third-order valence-electron chi connectivity index (χ3n) is 5.36. The number of hydrogen-bond acceptors (Lipinski definition) is 3. The quantitative estimate of drug-likeness (QED) is 0.829. The Labute approximate surface area is 138 Å². The first-order valence-corrected chi connectivity index (χ1v) is 9.16. The lowest BCUT2D eigenvalue weighted by molar-refractivity contribution is -0.136. The summed E-state index contributed by atoms with van der Waals surface area (Å²) in [5, 5.41) is 6.18. The molecule has 0 bridgehead atoms.